The molecule has 4 nitrogen and oxygen atoms in total. The van der Waals surface area contributed by atoms with Gasteiger partial charge in [-0.3, -0.25) is 10.1 Å². The molecular formula is C14H10Br2ClNO3. The predicted octanol–water partition coefficient (Wildman–Crippen LogP) is 5.96. The first-order chi connectivity index (χ1) is 9.92. The molecule has 0 fully saturated rings. The normalized spacial score (nSPS) is 10.5. The lowest BCUT2D eigenvalue weighted by Gasteiger charge is -2.11. The first-order valence-electron chi connectivity index (χ1n) is 5.89. The minimum Gasteiger partial charge on any atom is -0.449 e. The summed E-state index contributed by atoms with van der Waals surface area (Å²) < 4.78 is 7.06. The molecule has 0 heterocycles. The number of rotatable bonds is 4. The Kier molecular flexibility index (Phi) is 5.24. The maximum Gasteiger partial charge on any atom is 0.312 e. The number of nitro benzene ring substituents is 1. The van der Waals surface area contributed by atoms with E-state index in [4.69, 9.17) is 16.3 Å². The smallest absolute Gasteiger partial charge is 0.312 e. The summed E-state index contributed by atoms with van der Waals surface area (Å²) in [5.74, 6) is 1.11. The van der Waals surface area contributed by atoms with Gasteiger partial charge in [0.1, 0.15) is 5.75 Å². The van der Waals surface area contributed by atoms with Crippen molar-refractivity contribution < 1.29 is 9.66 Å². The Morgan fingerprint density at radius 3 is 2.57 bits per heavy atom. The van der Waals surface area contributed by atoms with Crippen LogP contribution in [0.5, 0.6) is 11.5 Å². The fourth-order valence-electron chi connectivity index (χ4n) is 1.80. The van der Waals surface area contributed by atoms with Gasteiger partial charge in [-0.05, 0) is 52.2 Å². The summed E-state index contributed by atoms with van der Waals surface area (Å²) in [5.41, 5.74) is 1.51. The maximum absolute atomic E-state index is 11.2. The van der Waals surface area contributed by atoms with E-state index < -0.39 is 4.92 Å². The Hall–Kier alpha value is -1.11. The van der Waals surface area contributed by atoms with Crippen molar-refractivity contribution in [1.29, 1.82) is 0 Å². The number of ether oxygens (including phenoxy) is 1. The van der Waals surface area contributed by atoms with Crippen molar-refractivity contribution in [1.82, 2.24) is 0 Å². The fraction of sp³-hybridized carbons (Fsp3) is 0.143. The zero-order valence-corrected chi connectivity index (χ0v) is 14.8. The van der Waals surface area contributed by atoms with Gasteiger partial charge in [-0.2, -0.15) is 0 Å². The molecule has 0 unspecified atom stereocenters. The third-order valence-corrected chi connectivity index (χ3v) is 4.17. The summed E-state index contributed by atoms with van der Waals surface area (Å²) in [5, 5.41) is 11.2. The van der Waals surface area contributed by atoms with E-state index in [2.05, 4.69) is 31.9 Å². The Labute approximate surface area is 143 Å². The molecular weight excluding hydrogens is 425 g/mol. The molecule has 0 aliphatic rings. The molecule has 0 spiro atoms. The lowest BCUT2D eigenvalue weighted by Crippen LogP contribution is -1.97. The van der Waals surface area contributed by atoms with Crippen molar-refractivity contribution >= 4 is 49.1 Å². The van der Waals surface area contributed by atoms with Crippen molar-refractivity contribution in [2.24, 2.45) is 0 Å². The third-order valence-electron chi connectivity index (χ3n) is 2.78. The molecule has 110 valence electrons. The van der Waals surface area contributed by atoms with Crippen LogP contribution >= 0.6 is 43.5 Å². The Morgan fingerprint density at radius 2 is 2.00 bits per heavy atom. The molecule has 0 saturated carbocycles. The van der Waals surface area contributed by atoms with Gasteiger partial charge in [-0.25, -0.2) is 0 Å². The van der Waals surface area contributed by atoms with E-state index in [1.807, 2.05) is 12.1 Å². The number of hydrogen-bond acceptors (Lipinski definition) is 3. The van der Waals surface area contributed by atoms with Crippen LogP contribution in [-0.2, 0) is 5.88 Å². The van der Waals surface area contributed by atoms with E-state index in [1.54, 1.807) is 19.1 Å². The highest BCUT2D eigenvalue weighted by molar-refractivity contribution is 9.10. The number of nitro groups is 1. The highest BCUT2D eigenvalue weighted by Crippen LogP contribution is 2.39. The lowest BCUT2D eigenvalue weighted by atomic mass is 10.2. The molecule has 2 aromatic rings. The molecule has 0 amide bonds. The highest BCUT2D eigenvalue weighted by Gasteiger charge is 2.20. The van der Waals surface area contributed by atoms with Crippen molar-refractivity contribution in [3.8, 4) is 11.5 Å². The van der Waals surface area contributed by atoms with Crippen LogP contribution < -0.4 is 4.74 Å². The summed E-state index contributed by atoms with van der Waals surface area (Å²) in [6.45, 7) is 1.76. The molecule has 0 aromatic heterocycles. The average molecular weight is 435 g/mol. The Morgan fingerprint density at radius 1 is 1.29 bits per heavy atom. The van der Waals surface area contributed by atoms with Crippen molar-refractivity contribution in [2.45, 2.75) is 12.8 Å². The average Bonchev–Trinajstić information content (AvgIpc) is 2.42. The second kappa shape index (κ2) is 6.77. The molecule has 0 saturated heterocycles. The molecule has 7 heteroatoms. The zero-order valence-electron chi connectivity index (χ0n) is 10.9. The van der Waals surface area contributed by atoms with Gasteiger partial charge in [-0.1, -0.05) is 22.0 Å². The van der Waals surface area contributed by atoms with Crippen LogP contribution in [0.15, 0.2) is 39.3 Å². The third kappa shape index (κ3) is 3.75. The summed E-state index contributed by atoms with van der Waals surface area (Å²) in [7, 11) is 0. The van der Waals surface area contributed by atoms with Crippen molar-refractivity contribution in [3.05, 3.63) is 60.5 Å². The molecule has 0 N–H and O–H groups in total. The van der Waals surface area contributed by atoms with Gasteiger partial charge in [0.05, 0.1) is 9.40 Å². The lowest BCUT2D eigenvalue weighted by molar-refractivity contribution is -0.385. The number of nitrogens with zero attached hydrogens (tertiary/aromatic N) is 1. The molecule has 0 aliphatic heterocycles. The molecule has 0 aliphatic carbocycles. The molecule has 2 aromatic carbocycles. The zero-order chi connectivity index (χ0) is 15.6. The van der Waals surface area contributed by atoms with E-state index in [-0.39, 0.29) is 11.4 Å². The van der Waals surface area contributed by atoms with E-state index in [0.717, 1.165) is 5.56 Å². The summed E-state index contributed by atoms with van der Waals surface area (Å²) in [6, 6.07) is 8.55. The van der Waals surface area contributed by atoms with Gasteiger partial charge in [0.2, 0.25) is 5.75 Å². The van der Waals surface area contributed by atoms with Gasteiger partial charge >= 0.3 is 5.69 Å². The number of aryl methyl sites for hydroxylation is 1. The minimum absolute atomic E-state index is 0.0878. The number of alkyl halides is 1. The van der Waals surface area contributed by atoms with E-state index in [1.165, 1.54) is 6.07 Å². The molecule has 21 heavy (non-hydrogen) atoms. The first-order valence-corrected chi connectivity index (χ1v) is 8.01. The Balaban J connectivity index is 2.46. The van der Waals surface area contributed by atoms with Crippen LogP contribution in [0.3, 0.4) is 0 Å². The second-order valence-corrected chi connectivity index (χ2v) is 6.37. The highest BCUT2D eigenvalue weighted by atomic mass is 79.9. The minimum atomic E-state index is -0.464. The van der Waals surface area contributed by atoms with Gasteiger partial charge in [0.15, 0.2) is 0 Å². The number of benzene rings is 2. The van der Waals surface area contributed by atoms with E-state index in [0.29, 0.717) is 26.1 Å². The van der Waals surface area contributed by atoms with Crippen LogP contribution in [0, 0.1) is 17.0 Å². The van der Waals surface area contributed by atoms with Crippen LogP contribution in [0.25, 0.3) is 0 Å². The monoisotopic (exact) mass is 433 g/mol. The first kappa shape index (κ1) is 16.3. The Bertz CT molecular complexity index is 707. The number of halogens is 3. The largest absolute Gasteiger partial charge is 0.449 e. The van der Waals surface area contributed by atoms with E-state index in [9.17, 15) is 10.1 Å². The topological polar surface area (TPSA) is 52.4 Å². The van der Waals surface area contributed by atoms with Crippen LogP contribution in [0.4, 0.5) is 5.69 Å². The van der Waals surface area contributed by atoms with Gasteiger partial charge in [-0.15, -0.1) is 11.6 Å². The summed E-state index contributed by atoms with van der Waals surface area (Å²) in [6.07, 6.45) is 0. The van der Waals surface area contributed by atoms with Crippen LogP contribution in [0.2, 0.25) is 0 Å². The van der Waals surface area contributed by atoms with Crippen LogP contribution in [0.1, 0.15) is 11.1 Å². The quantitative estimate of drug-likeness (QED) is 0.338. The SMILES string of the molecule is Cc1cc(Br)cc([N+](=O)[O-])c1Oc1ccc(CCl)cc1Br. The summed E-state index contributed by atoms with van der Waals surface area (Å²) in [4.78, 5) is 10.7. The molecule has 2 rings (SSSR count). The molecule has 0 radical (unpaired) electrons. The number of hydrogen-bond donors (Lipinski definition) is 0. The summed E-state index contributed by atoms with van der Waals surface area (Å²) >= 11 is 12.4. The van der Waals surface area contributed by atoms with Gasteiger partial charge in [0.25, 0.3) is 0 Å². The van der Waals surface area contributed by atoms with Crippen LogP contribution in [-0.4, -0.2) is 4.92 Å². The predicted molar refractivity (Wildman–Crippen MR) is 89.3 cm³/mol. The molecule has 0 atom stereocenters. The second-order valence-electron chi connectivity index (χ2n) is 4.33. The van der Waals surface area contributed by atoms with Gasteiger partial charge < -0.3 is 4.74 Å². The standard InChI is InChI=1S/C14H10Br2ClNO3/c1-8-4-10(15)6-12(18(19)20)14(8)21-13-3-2-9(7-17)5-11(13)16/h2-6H,7H2,1H3. The fourth-order valence-corrected chi connectivity index (χ4v) is 3.03. The van der Waals surface area contributed by atoms with Gasteiger partial charge in [0, 0.05) is 16.4 Å². The van der Waals surface area contributed by atoms with Crippen molar-refractivity contribution in [2.75, 3.05) is 0 Å². The van der Waals surface area contributed by atoms with Crippen molar-refractivity contribution in [3.63, 3.8) is 0 Å². The molecule has 0 bridgehead atoms. The van der Waals surface area contributed by atoms with E-state index >= 15 is 0 Å². The maximum atomic E-state index is 11.2.